The zero-order valence-corrected chi connectivity index (χ0v) is 22.7. The first-order valence-electron chi connectivity index (χ1n) is 13.5. The molecule has 0 saturated heterocycles. The Kier molecular flexibility index (Phi) is 6.61. The van der Waals surface area contributed by atoms with Crippen molar-refractivity contribution in [3.8, 4) is 39.7 Å². The summed E-state index contributed by atoms with van der Waals surface area (Å²) >= 11 is 0. The van der Waals surface area contributed by atoms with Gasteiger partial charge in [0.15, 0.2) is 0 Å². The second kappa shape index (κ2) is 10.9. The number of hydrogen-bond donors (Lipinski definition) is 3. The highest BCUT2D eigenvalue weighted by molar-refractivity contribution is 6.00. The van der Waals surface area contributed by atoms with Crippen LogP contribution in [0.5, 0.6) is 5.75 Å². The van der Waals surface area contributed by atoms with Crippen LogP contribution in [0.4, 0.5) is 4.39 Å². The van der Waals surface area contributed by atoms with E-state index in [0.29, 0.717) is 23.6 Å². The van der Waals surface area contributed by atoms with Crippen molar-refractivity contribution < 1.29 is 9.13 Å². The van der Waals surface area contributed by atoms with Crippen molar-refractivity contribution in [2.24, 2.45) is 0 Å². The van der Waals surface area contributed by atoms with E-state index >= 15 is 0 Å². The van der Waals surface area contributed by atoms with Gasteiger partial charge >= 0.3 is 0 Å². The van der Waals surface area contributed by atoms with Crippen molar-refractivity contribution in [3.63, 3.8) is 0 Å². The Hall–Kier alpha value is -5.41. The normalized spacial score (nSPS) is 11.4. The molecule has 9 heteroatoms. The SMILES string of the molecule is COc1cc(F)cc(-c2nccc3[nH]c(-c4n[nH]c5cnc(-c6cncc(CNCc7ccccc7)c6)cc45)cc23)c1. The van der Waals surface area contributed by atoms with Crippen LogP contribution in [-0.4, -0.2) is 37.2 Å². The maximum absolute atomic E-state index is 14.3. The predicted molar refractivity (Wildman–Crippen MR) is 161 cm³/mol. The van der Waals surface area contributed by atoms with Crippen LogP contribution in [0.15, 0.2) is 97.6 Å². The number of halogens is 1. The highest BCUT2D eigenvalue weighted by Gasteiger charge is 2.16. The van der Waals surface area contributed by atoms with Gasteiger partial charge in [0.2, 0.25) is 0 Å². The maximum atomic E-state index is 14.3. The van der Waals surface area contributed by atoms with Gasteiger partial charge in [-0.05, 0) is 47.5 Å². The minimum atomic E-state index is -0.386. The van der Waals surface area contributed by atoms with Crippen LogP contribution in [0.3, 0.4) is 0 Å². The summed E-state index contributed by atoms with van der Waals surface area (Å²) in [6.45, 7) is 1.47. The molecular weight excluding hydrogens is 529 g/mol. The standard InChI is InChI=1S/C33H26FN7O/c1-42-25-11-22(10-24(34)12-25)32-26-14-30(39-28(26)7-8-37-32)33-27-13-29(38-19-31(27)40-41-33)23-9-21(17-36-18-23)16-35-15-20-5-3-2-4-6-20/h2-14,17-19,35,39H,15-16H2,1H3,(H,40,41). The summed E-state index contributed by atoms with van der Waals surface area (Å²) in [4.78, 5) is 17.2. The topological polar surface area (TPSA) is 104 Å². The second-order valence-electron chi connectivity index (χ2n) is 10.0. The summed E-state index contributed by atoms with van der Waals surface area (Å²) in [6.07, 6.45) is 7.18. The van der Waals surface area contributed by atoms with Gasteiger partial charge in [0.25, 0.3) is 0 Å². The van der Waals surface area contributed by atoms with Crippen molar-refractivity contribution in [3.05, 3.63) is 115 Å². The van der Waals surface area contributed by atoms with E-state index in [1.54, 1.807) is 18.5 Å². The Balaban J connectivity index is 1.21. The molecule has 0 amide bonds. The molecule has 7 aromatic rings. The third-order valence-electron chi connectivity index (χ3n) is 7.22. The van der Waals surface area contributed by atoms with Gasteiger partial charge in [-0.1, -0.05) is 30.3 Å². The Labute approximate surface area is 240 Å². The fourth-order valence-corrected chi connectivity index (χ4v) is 5.18. The molecule has 0 aliphatic heterocycles. The molecule has 0 aliphatic rings. The number of aromatic amines is 2. The van der Waals surface area contributed by atoms with Gasteiger partial charge in [-0.15, -0.1) is 0 Å². The van der Waals surface area contributed by atoms with Gasteiger partial charge in [0.05, 0.1) is 35.9 Å². The first-order valence-corrected chi connectivity index (χ1v) is 13.5. The molecule has 0 unspecified atom stereocenters. The molecule has 0 radical (unpaired) electrons. The molecule has 0 fully saturated rings. The zero-order valence-electron chi connectivity index (χ0n) is 22.7. The van der Waals surface area contributed by atoms with Crippen LogP contribution in [0, 0.1) is 5.82 Å². The fraction of sp³-hybridized carbons (Fsp3) is 0.0909. The van der Waals surface area contributed by atoms with E-state index in [0.717, 1.165) is 56.6 Å². The molecule has 0 aliphatic carbocycles. The van der Waals surface area contributed by atoms with Gasteiger partial charge in [0.1, 0.15) is 17.3 Å². The van der Waals surface area contributed by atoms with Crippen LogP contribution in [0.25, 0.3) is 55.7 Å². The van der Waals surface area contributed by atoms with Crippen molar-refractivity contribution in [2.45, 2.75) is 13.1 Å². The van der Waals surface area contributed by atoms with Gasteiger partial charge in [-0.25, -0.2) is 4.39 Å². The molecule has 5 heterocycles. The molecule has 0 saturated carbocycles. The van der Waals surface area contributed by atoms with E-state index in [1.807, 2.05) is 48.8 Å². The smallest absolute Gasteiger partial charge is 0.127 e. The van der Waals surface area contributed by atoms with Gasteiger partial charge in [-0.3, -0.25) is 20.1 Å². The minimum absolute atomic E-state index is 0.386. The van der Waals surface area contributed by atoms with E-state index in [9.17, 15) is 4.39 Å². The van der Waals surface area contributed by atoms with Crippen LogP contribution >= 0.6 is 0 Å². The monoisotopic (exact) mass is 555 g/mol. The number of aromatic nitrogens is 6. The highest BCUT2D eigenvalue weighted by Crippen LogP contribution is 2.35. The average molecular weight is 556 g/mol. The number of methoxy groups -OCH3 is 1. The summed E-state index contributed by atoms with van der Waals surface area (Å²) in [6, 6.07) is 22.9. The highest BCUT2D eigenvalue weighted by atomic mass is 19.1. The number of rotatable bonds is 8. The number of pyridine rings is 3. The summed E-state index contributed by atoms with van der Waals surface area (Å²) in [5, 5.41) is 12.9. The molecule has 42 heavy (non-hydrogen) atoms. The van der Waals surface area contributed by atoms with Crippen molar-refractivity contribution in [1.82, 2.24) is 35.5 Å². The largest absolute Gasteiger partial charge is 0.497 e. The molecule has 0 spiro atoms. The molecule has 2 aromatic carbocycles. The van der Waals surface area contributed by atoms with E-state index < -0.39 is 0 Å². The summed E-state index contributed by atoms with van der Waals surface area (Å²) in [5.74, 6) is 0.0474. The summed E-state index contributed by atoms with van der Waals surface area (Å²) < 4.78 is 19.6. The lowest BCUT2D eigenvalue weighted by atomic mass is 10.1. The molecular formula is C33H26FN7O. The van der Waals surface area contributed by atoms with E-state index in [2.05, 4.69) is 53.6 Å². The Morgan fingerprint density at radius 2 is 1.64 bits per heavy atom. The summed E-state index contributed by atoms with van der Waals surface area (Å²) in [5.41, 5.74) is 8.55. The first kappa shape index (κ1) is 25.6. The minimum Gasteiger partial charge on any atom is -0.497 e. The molecule has 8 nitrogen and oxygen atoms in total. The van der Waals surface area contributed by atoms with Gasteiger partial charge in [0, 0.05) is 65.2 Å². The van der Waals surface area contributed by atoms with Crippen molar-refractivity contribution >= 4 is 21.8 Å². The molecule has 3 N–H and O–H groups in total. The number of fused-ring (bicyclic) bond motifs is 2. The van der Waals surface area contributed by atoms with Crippen LogP contribution in [0.2, 0.25) is 0 Å². The lowest BCUT2D eigenvalue weighted by Crippen LogP contribution is -2.12. The second-order valence-corrected chi connectivity index (χ2v) is 10.0. The third kappa shape index (κ3) is 4.97. The fourth-order valence-electron chi connectivity index (χ4n) is 5.18. The van der Waals surface area contributed by atoms with Crippen molar-refractivity contribution in [1.29, 1.82) is 0 Å². The maximum Gasteiger partial charge on any atom is 0.127 e. The predicted octanol–water partition coefficient (Wildman–Crippen LogP) is 6.67. The van der Waals surface area contributed by atoms with Crippen molar-refractivity contribution in [2.75, 3.05) is 7.11 Å². The molecule has 5 aromatic heterocycles. The molecule has 206 valence electrons. The van der Waals surface area contributed by atoms with Crippen LogP contribution in [-0.2, 0) is 13.1 Å². The van der Waals surface area contributed by atoms with Gasteiger partial charge in [-0.2, -0.15) is 5.10 Å². The number of H-pyrrole nitrogens is 2. The summed E-state index contributed by atoms with van der Waals surface area (Å²) in [7, 11) is 1.52. The Morgan fingerprint density at radius 1 is 0.786 bits per heavy atom. The van der Waals surface area contributed by atoms with Crippen LogP contribution < -0.4 is 10.1 Å². The molecule has 0 bridgehead atoms. The van der Waals surface area contributed by atoms with E-state index in [1.165, 1.54) is 24.8 Å². The van der Waals surface area contributed by atoms with Crippen LogP contribution in [0.1, 0.15) is 11.1 Å². The number of ether oxygens (including phenoxy) is 1. The Morgan fingerprint density at radius 3 is 2.52 bits per heavy atom. The van der Waals surface area contributed by atoms with E-state index in [4.69, 9.17) is 4.74 Å². The lowest BCUT2D eigenvalue weighted by Gasteiger charge is -2.07. The number of benzene rings is 2. The molecule has 7 rings (SSSR count). The molecule has 0 atom stereocenters. The zero-order chi connectivity index (χ0) is 28.5. The third-order valence-corrected chi connectivity index (χ3v) is 7.22. The van der Waals surface area contributed by atoms with E-state index in [-0.39, 0.29) is 5.82 Å². The average Bonchev–Trinajstić information content (AvgIpc) is 3.65. The first-order chi connectivity index (χ1) is 20.6. The van der Waals surface area contributed by atoms with Gasteiger partial charge < -0.3 is 15.0 Å². The number of hydrogen-bond acceptors (Lipinski definition) is 6. The Bertz CT molecular complexity index is 2030. The quantitative estimate of drug-likeness (QED) is 0.194. The lowest BCUT2D eigenvalue weighted by molar-refractivity contribution is 0.411. The number of nitrogens with one attached hydrogen (secondary N) is 3. The number of nitrogens with zero attached hydrogens (tertiary/aromatic N) is 4.